The van der Waals surface area contributed by atoms with Crippen LogP contribution in [0.3, 0.4) is 0 Å². The second kappa shape index (κ2) is 5.59. The molecule has 0 spiro atoms. The number of hydrogen-bond donors (Lipinski definition) is 0. The Morgan fingerprint density at radius 2 is 1.78 bits per heavy atom. The standard InChI is InChI=1S/C18H14N2O2S/c1-22-14-9-7-12(8-10-14)16-17(13-5-3-2-4-6-13)20-15(21)11-23-18(20)19-16/h2-10H,11H2,1H3. The van der Waals surface area contributed by atoms with Crippen LogP contribution in [0.15, 0.2) is 59.8 Å². The third-order valence-corrected chi connectivity index (χ3v) is 4.75. The molecule has 5 heteroatoms. The lowest BCUT2D eigenvalue weighted by Gasteiger charge is -2.08. The van der Waals surface area contributed by atoms with Crippen LogP contribution in [0.1, 0.15) is 4.79 Å². The first-order valence-corrected chi connectivity index (χ1v) is 8.25. The van der Waals surface area contributed by atoms with Crippen LogP contribution in [0.25, 0.3) is 22.5 Å². The molecule has 0 atom stereocenters. The zero-order valence-corrected chi connectivity index (χ0v) is 13.3. The van der Waals surface area contributed by atoms with Crippen molar-refractivity contribution < 1.29 is 9.53 Å². The fourth-order valence-electron chi connectivity index (χ4n) is 2.73. The highest BCUT2D eigenvalue weighted by molar-refractivity contribution is 8.00. The van der Waals surface area contributed by atoms with Gasteiger partial charge in [0.1, 0.15) is 5.75 Å². The van der Waals surface area contributed by atoms with E-state index in [2.05, 4.69) is 0 Å². The molecule has 0 aliphatic carbocycles. The topological polar surface area (TPSA) is 44.1 Å². The molecule has 0 unspecified atom stereocenters. The minimum absolute atomic E-state index is 0.0797. The molecule has 0 bridgehead atoms. The average molecular weight is 322 g/mol. The smallest absolute Gasteiger partial charge is 0.243 e. The summed E-state index contributed by atoms with van der Waals surface area (Å²) in [5.74, 6) is 1.33. The first-order valence-electron chi connectivity index (χ1n) is 7.26. The molecule has 0 fully saturated rings. The van der Waals surface area contributed by atoms with Gasteiger partial charge in [0.15, 0.2) is 5.16 Å². The Morgan fingerprint density at radius 1 is 1.04 bits per heavy atom. The molecule has 1 aliphatic rings. The Morgan fingerprint density at radius 3 is 2.48 bits per heavy atom. The quantitative estimate of drug-likeness (QED) is 0.732. The van der Waals surface area contributed by atoms with Crippen LogP contribution >= 0.6 is 11.8 Å². The highest BCUT2D eigenvalue weighted by Gasteiger charge is 2.29. The van der Waals surface area contributed by atoms with Crippen molar-refractivity contribution in [2.75, 3.05) is 12.9 Å². The number of rotatable bonds is 3. The number of imidazole rings is 1. The molecule has 4 nitrogen and oxygen atoms in total. The predicted molar refractivity (Wildman–Crippen MR) is 91.0 cm³/mol. The number of ether oxygens (including phenoxy) is 1. The second-order valence-corrected chi connectivity index (χ2v) is 6.15. The van der Waals surface area contributed by atoms with Gasteiger partial charge in [0, 0.05) is 11.1 Å². The van der Waals surface area contributed by atoms with E-state index < -0.39 is 0 Å². The van der Waals surface area contributed by atoms with Crippen LogP contribution in [0.2, 0.25) is 0 Å². The van der Waals surface area contributed by atoms with Crippen LogP contribution in [0, 0.1) is 0 Å². The molecule has 4 rings (SSSR count). The molecule has 2 aromatic carbocycles. The SMILES string of the molecule is COc1ccc(-c2nc3n(c2-c2ccccc2)C(=O)CS3)cc1. The largest absolute Gasteiger partial charge is 0.497 e. The molecule has 1 aliphatic heterocycles. The maximum atomic E-state index is 12.3. The maximum absolute atomic E-state index is 12.3. The fourth-order valence-corrected chi connectivity index (χ4v) is 3.59. The molecular formula is C18H14N2O2S. The number of benzene rings is 2. The molecule has 3 aromatic rings. The van der Waals surface area contributed by atoms with Crippen molar-refractivity contribution in [2.24, 2.45) is 0 Å². The number of hydrogen-bond acceptors (Lipinski definition) is 4. The first kappa shape index (κ1) is 14.1. The third-order valence-electron chi connectivity index (χ3n) is 3.83. The van der Waals surface area contributed by atoms with Crippen molar-refractivity contribution in [3.63, 3.8) is 0 Å². The number of nitrogens with zero attached hydrogens (tertiary/aromatic N) is 2. The summed E-state index contributed by atoms with van der Waals surface area (Å²) in [5.41, 5.74) is 3.66. The Bertz CT molecular complexity index is 870. The average Bonchev–Trinajstić information content (AvgIpc) is 3.16. The maximum Gasteiger partial charge on any atom is 0.243 e. The lowest BCUT2D eigenvalue weighted by Crippen LogP contribution is -2.08. The monoisotopic (exact) mass is 322 g/mol. The molecule has 0 saturated heterocycles. The van der Waals surface area contributed by atoms with Crippen molar-refractivity contribution in [2.45, 2.75) is 5.16 Å². The van der Waals surface area contributed by atoms with Crippen molar-refractivity contribution >= 4 is 17.7 Å². The van der Waals surface area contributed by atoms with E-state index in [4.69, 9.17) is 9.72 Å². The van der Waals surface area contributed by atoms with Gasteiger partial charge in [0.2, 0.25) is 5.91 Å². The number of methoxy groups -OCH3 is 1. The zero-order valence-electron chi connectivity index (χ0n) is 12.5. The van der Waals surface area contributed by atoms with E-state index in [-0.39, 0.29) is 5.91 Å². The minimum Gasteiger partial charge on any atom is -0.497 e. The van der Waals surface area contributed by atoms with Gasteiger partial charge in [0.25, 0.3) is 0 Å². The predicted octanol–water partition coefficient (Wildman–Crippen LogP) is 3.97. The first-order chi connectivity index (χ1) is 11.3. The van der Waals surface area contributed by atoms with Crippen LogP contribution in [0.4, 0.5) is 0 Å². The molecule has 0 N–H and O–H groups in total. The molecule has 2 heterocycles. The van der Waals surface area contributed by atoms with Gasteiger partial charge in [-0.05, 0) is 24.3 Å². The molecule has 0 radical (unpaired) electrons. The summed E-state index contributed by atoms with van der Waals surface area (Å²) < 4.78 is 6.95. The van der Waals surface area contributed by atoms with Gasteiger partial charge < -0.3 is 4.74 Å². The Labute approximate surface area is 138 Å². The summed E-state index contributed by atoms with van der Waals surface area (Å²) >= 11 is 1.49. The fraction of sp³-hybridized carbons (Fsp3) is 0.111. The van der Waals surface area contributed by atoms with Gasteiger partial charge in [-0.15, -0.1) is 0 Å². The normalized spacial score (nSPS) is 13.2. The minimum atomic E-state index is 0.0797. The molecule has 0 amide bonds. The number of carbonyl (C=O) groups excluding carboxylic acids is 1. The summed E-state index contributed by atoms with van der Waals surface area (Å²) in [6, 6.07) is 17.7. The van der Waals surface area contributed by atoms with E-state index in [9.17, 15) is 4.79 Å². The van der Waals surface area contributed by atoms with E-state index in [0.717, 1.165) is 33.4 Å². The van der Waals surface area contributed by atoms with Crippen molar-refractivity contribution in [1.29, 1.82) is 0 Å². The number of fused-ring (bicyclic) bond motifs is 1. The van der Waals surface area contributed by atoms with Crippen LogP contribution in [0.5, 0.6) is 5.75 Å². The lowest BCUT2D eigenvalue weighted by molar-refractivity contribution is 0.0941. The van der Waals surface area contributed by atoms with E-state index >= 15 is 0 Å². The van der Waals surface area contributed by atoms with E-state index in [1.165, 1.54) is 11.8 Å². The second-order valence-electron chi connectivity index (χ2n) is 5.20. The molecule has 1 aromatic heterocycles. The molecule has 0 saturated carbocycles. The molecule has 114 valence electrons. The van der Waals surface area contributed by atoms with Crippen LogP contribution in [-0.4, -0.2) is 28.3 Å². The Hall–Kier alpha value is -2.53. The third kappa shape index (κ3) is 2.33. The van der Waals surface area contributed by atoms with E-state index in [1.807, 2.05) is 54.6 Å². The van der Waals surface area contributed by atoms with Crippen molar-refractivity contribution in [3.05, 3.63) is 54.6 Å². The molecule has 23 heavy (non-hydrogen) atoms. The molecular weight excluding hydrogens is 308 g/mol. The highest BCUT2D eigenvalue weighted by atomic mass is 32.2. The summed E-state index contributed by atoms with van der Waals surface area (Å²) in [4.78, 5) is 17.0. The van der Waals surface area contributed by atoms with Gasteiger partial charge in [-0.3, -0.25) is 9.36 Å². The van der Waals surface area contributed by atoms with Crippen molar-refractivity contribution in [3.8, 4) is 28.3 Å². The summed E-state index contributed by atoms with van der Waals surface area (Å²) in [6.45, 7) is 0. The van der Waals surface area contributed by atoms with Gasteiger partial charge in [0.05, 0.1) is 24.3 Å². The zero-order chi connectivity index (χ0) is 15.8. The van der Waals surface area contributed by atoms with E-state index in [1.54, 1.807) is 11.7 Å². The van der Waals surface area contributed by atoms with Gasteiger partial charge >= 0.3 is 0 Å². The van der Waals surface area contributed by atoms with Gasteiger partial charge in [-0.25, -0.2) is 4.98 Å². The number of thioether (sulfide) groups is 1. The summed E-state index contributed by atoms with van der Waals surface area (Å²) in [5, 5.41) is 0.764. The van der Waals surface area contributed by atoms with Crippen molar-refractivity contribution in [1.82, 2.24) is 9.55 Å². The summed E-state index contributed by atoms with van der Waals surface area (Å²) in [6.07, 6.45) is 0. The van der Waals surface area contributed by atoms with Gasteiger partial charge in [-0.2, -0.15) is 0 Å². The van der Waals surface area contributed by atoms with E-state index in [0.29, 0.717) is 5.75 Å². The number of carbonyl (C=O) groups is 1. The Balaban J connectivity index is 1.93. The lowest BCUT2D eigenvalue weighted by atomic mass is 10.0. The number of aromatic nitrogens is 2. The van der Waals surface area contributed by atoms with Gasteiger partial charge in [-0.1, -0.05) is 42.1 Å². The highest BCUT2D eigenvalue weighted by Crippen LogP contribution is 2.39. The Kier molecular flexibility index (Phi) is 3.42. The van der Waals surface area contributed by atoms with Crippen LogP contribution in [-0.2, 0) is 0 Å². The summed E-state index contributed by atoms with van der Waals surface area (Å²) in [7, 11) is 1.64. The van der Waals surface area contributed by atoms with Crippen LogP contribution < -0.4 is 4.74 Å².